The fourth-order valence-corrected chi connectivity index (χ4v) is 3.26. The number of aromatic carboxylic acids is 1. The van der Waals surface area contributed by atoms with Crippen LogP contribution in [0.15, 0.2) is 23.1 Å². The molecule has 8 nitrogen and oxygen atoms in total. The number of aliphatic hydroxyl groups is 1. The monoisotopic (exact) mass is 332 g/mol. The molecular weight excluding hydrogens is 312 g/mol. The topological polar surface area (TPSA) is 125 Å². The van der Waals surface area contributed by atoms with Crippen LogP contribution in [0.5, 0.6) is 0 Å². The van der Waals surface area contributed by atoms with Gasteiger partial charge in [-0.3, -0.25) is 0 Å². The number of rotatable bonds is 9. The molecule has 1 atom stereocenters. The molecule has 22 heavy (non-hydrogen) atoms. The molecule has 0 amide bonds. The van der Waals surface area contributed by atoms with Crippen LogP contribution in [0.2, 0.25) is 0 Å². The Labute approximate surface area is 129 Å². The summed E-state index contributed by atoms with van der Waals surface area (Å²) in [5.74, 6) is -1.23. The maximum absolute atomic E-state index is 12.4. The molecule has 0 unspecified atom stereocenters. The largest absolute Gasteiger partial charge is 0.478 e. The molecule has 0 aromatic heterocycles. The molecular formula is C13H20N2O6S. The van der Waals surface area contributed by atoms with Gasteiger partial charge < -0.3 is 20.3 Å². The van der Waals surface area contributed by atoms with Crippen LogP contribution in [0.25, 0.3) is 0 Å². The number of methoxy groups -OCH3 is 1. The maximum Gasteiger partial charge on any atom is 0.335 e. The zero-order chi connectivity index (χ0) is 16.8. The molecule has 0 radical (unpaired) electrons. The Morgan fingerprint density at radius 2 is 2.09 bits per heavy atom. The number of ether oxygens (including phenoxy) is 1. The van der Waals surface area contributed by atoms with Crippen molar-refractivity contribution in [1.82, 2.24) is 4.72 Å². The van der Waals surface area contributed by atoms with Gasteiger partial charge in [-0.05, 0) is 25.1 Å². The summed E-state index contributed by atoms with van der Waals surface area (Å²) < 4.78 is 32.1. The van der Waals surface area contributed by atoms with Gasteiger partial charge in [0.05, 0.1) is 24.5 Å². The molecule has 9 heteroatoms. The van der Waals surface area contributed by atoms with Crippen molar-refractivity contribution in [2.45, 2.75) is 17.9 Å². The summed E-state index contributed by atoms with van der Waals surface area (Å²) in [4.78, 5) is 10.8. The molecule has 0 saturated heterocycles. The number of hydrogen-bond acceptors (Lipinski definition) is 6. The summed E-state index contributed by atoms with van der Waals surface area (Å²) >= 11 is 0. The third-order valence-corrected chi connectivity index (χ3v) is 4.35. The van der Waals surface area contributed by atoms with Gasteiger partial charge >= 0.3 is 5.97 Å². The summed E-state index contributed by atoms with van der Waals surface area (Å²) in [7, 11) is -2.49. The first-order valence-corrected chi connectivity index (χ1v) is 8.03. The predicted octanol–water partition coefficient (Wildman–Crippen LogP) is 0.102. The van der Waals surface area contributed by atoms with Crippen LogP contribution >= 0.6 is 0 Å². The molecule has 4 N–H and O–H groups in total. The highest BCUT2D eigenvalue weighted by molar-refractivity contribution is 7.89. The first-order chi connectivity index (χ1) is 10.3. The van der Waals surface area contributed by atoms with Gasteiger partial charge in [-0.1, -0.05) is 0 Å². The Morgan fingerprint density at radius 1 is 1.41 bits per heavy atom. The molecule has 0 fully saturated rings. The fourth-order valence-electron chi connectivity index (χ4n) is 1.83. The number of aliphatic hydroxyl groups excluding tert-OH is 1. The van der Waals surface area contributed by atoms with Crippen molar-refractivity contribution in [2.24, 2.45) is 0 Å². The van der Waals surface area contributed by atoms with E-state index in [0.29, 0.717) is 0 Å². The zero-order valence-corrected chi connectivity index (χ0v) is 13.2. The lowest BCUT2D eigenvalue weighted by atomic mass is 10.2. The van der Waals surface area contributed by atoms with Gasteiger partial charge in [0.2, 0.25) is 10.0 Å². The van der Waals surface area contributed by atoms with Crippen molar-refractivity contribution in [3.8, 4) is 0 Å². The van der Waals surface area contributed by atoms with E-state index in [2.05, 4.69) is 10.0 Å². The van der Waals surface area contributed by atoms with Gasteiger partial charge in [-0.2, -0.15) is 0 Å². The minimum absolute atomic E-state index is 0.141. The van der Waals surface area contributed by atoms with Gasteiger partial charge in [0.25, 0.3) is 0 Å². The summed E-state index contributed by atoms with van der Waals surface area (Å²) in [5, 5.41) is 20.6. The standard InChI is InChI=1S/C13H20N2O6S/c1-9(8-21-2)15-22(19,20)12-7-10(13(17)18)3-4-11(12)14-5-6-16/h3-4,7,9,14-16H,5-6,8H2,1-2H3,(H,17,18)/t9-/m0/s1. The Hall–Kier alpha value is -1.68. The quantitative estimate of drug-likeness (QED) is 0.505. The van der Waals surface area contributed by atoms with Crippen LogP contribution in [-0.4, -0.2) is 57.5 Å². The smallest absolute Gasteiger partial charge is 0.335 e. The minimum atomic E-state index is -3.94. The average molecular weight is 332 g/mol. The fraction of sp³-hybridized carbons (Fsp3) is 0.462. The van der Waals surface area contributed by atoms with E-state index in [9.17, 15) is 13.2 Å². The Morgan fingerprint density at radius 3 is 2.64 bits per heavy atom. The van der Waals surface area contributed by atoms with E-state index >= 15 is 0 Å². The lowest BCUT2D eigenvalue weighted by Gasteiger charge is -2.17. The molecule has 0 aliphatic carbocycles. The van der Waals surface area contributed by atoms with Gasteiger partial charge in [-0.25, -0.2) is 17.9 Å². The van der Waals surface area contributed by atoms with Gasteiger partial charge in [0.1, 0.15) is 4.90 Å². The van der Waals surface area contributed by atoms with E-state index < -0.39 is 22.0 Å². The van der Waals surface area contributed by atoms with Gasteiger partial charge in [-0.15, -0.1) is 0 Å². The number of benzene rings is 1. The van der Waals surface area contributed by atoms with E-state index in [-0.39, 0.29) is 35.9 Å². The first-order valence-electron chi connectivity index (χ1n) is 6.55. The number of carboxylic acids is 1. The molecule has 0 bridgehead atoms. The van der Waals surface area contributed by atoms with Crippen molar-refractivity contribution < 1.29 is 28.2 Å². The van der Waals surface area contributed by atoms with Crippen LogP contribution in [0.3, 0.4) is 0 Å². The Kier molecular flexibility index (Phi) is 6.75. The van der Waals surface area contributed by atoms with Gasteiger partial charge in [0.15, 0.2) is 0 Å². The molecule has 124 valence electrons. The normalized spacial score (nSPS) is 12.9. The predicted molar refractivity (Wildman–Crippen MR) is 80.6 cm³/mol. The van der Waals surface area contributed by atoms with Crippen LogP contribution in [0, 0.1) is 0 Å². The number of hydrogen-bond donors (Lipinski definition) is 4. The summed E-state index contributed by atoms with van der Waals surface area (Å²) in [6.45, 7) is 1.76. The number of carbonyl (C=O) groups is 1. The maximum atomic E-state index is 12.4. The van der Waals surface area contributed by atoms with Crippen molar-refractivity contribution in [2.75, 3.05) is 32.2 Å². The van der Waals surface area contributed by atoms with Crippen LogP contribution in [-0.2, 0) is 14.8 Å². The second-order valence-electron chi connectivity index (χ2n) is 4.64. The Bertz CT molecular complexity index is 617. The number of nitrogens with one attached hydrogen (secondary N) is 2. The number of sulfonamides is 1. The van der Waals surface area contributed by atoms with E-state index in [1.165, 1.54) is 19.2 Å². The highest BCUT2D eigenvalue weighted by Gasteiger charge is 2.22. The van der Waals surface area contributed by atoms with Crippen molar-refractivity contribution in [1.29, 1.82) is 0 Å². The molecule has 0 aliphatic rings. The molecule has 0 heterocycles. The zero-order valence-electron chi connectivity index (χ0n) is 12.4. The van der Waals surface area contributed by atoms with Crippen molar-refractivity contribution in [3.05, 3.63) is 23.8 Å². The molecule has 1 aromatic carbocycles. The average Bonchev–Trinajstić information content (AvgIpc) is 2.44. The van der Waals surface area contributed by atoms with Crippen LogP contribution in [0.4, 0.5) is 5.69 Å². The van der Waals surface area contributed by atoms with Crippen LogP contribution < -0.4 is 10.0 Å². The van der Waals surface area contributed by atoms with E-state index in [1.54, 1.807) is 6.92 Å². The van der Waals surface area contributed by atoms with E-state index in [4.69, 9.17) is 14.9 Å². The third-order valence-electron chi connectivity index (χ3n) is 2.72. The first kappa shape index (κ1) is 18.4. The highest BCUT2D eigenvalue weighted by Crippen LogP contribution is 2.23. The van der Waals surface area contributed by atoms with E-state index in [0.717, 1.165) is 6.07 Å². The summed E-state index contributed by atoms with van der Waals surface area (Å²) in [6.07, 6.45) is 0. The number of anilines is 1. The number of carboxylic acid groups (broad SMARTS) is 1. The van der Waals surface area contributed by atoms with Gasteiger partial charge in [0, 0.05) is 19.7 Å². The molecule has 0 saturated carbocycles. The highest BCUT2D eigenvalue weighted by atomic mass is 32.2. The lowest BCUT2D eigenvalue weighted by Crippen LogP contribution is -2.36. The van der Waals surface area contributed by atoms with Crippen LogP contribution in [0.1, 0.15) is 17.3 Å². The Balaban J connectivity index is 3.21. The second-order valence-corrected chi connectivity index (χ2v) is 6.33. The summed E-state index contributed by atoms with van der Waals surface area (Å²) in [5.41, 5.74) is 0.0745. The molecule has 0 aliphatic heterocycles. The minimum Gasteiger partial charge on any atom is -0.478 e. The molecule has 0 spiro atoms. The van der Waals surface area contributed by atoms with Crippen molar-refractivity contribution >= 4 is 21.7 Å². The van der Waals surface area contributed by atoms with E-state index in [1.807, 2.05) is 0 Å². The summed E-state index contributed by atoms with van der Waals surface area (Å²) in [6, 6.07) is 3.24. The molecule has 1 rings (SSSR count). The lowest BCUT2D eigenvalue weighted by molar-refractivity contribution is 0.0696. The second kappa shape index (κ2) is 8.08. The molecule has 1 aromatic rings. The third kappa shape index (κ3) is 4.95. The SMILES string of the molecule is COC[C@H](C)NS(=O)(=O)c1cc(C(=O)O)ccc1NCCO. The van der Waals surface area contributed by atoms with Crippen molar-refractivity contribution in [3.63, 3.8) is 0 Å².